The third-order valence-electron chi connectivity index (χ3n) is 13.8. The van der Waals surface area contributed by atoms with E-state index in [0.29, 0.717) is 76.0 Å². The van der Waals surface area contributed by atoms with Crippen LogP contribution in [0.2, 0.25) is 5.02 Å². The molecule has 9 rings (SSSR count). The Morgan fingerprint density at radius 2 is 1.28 bits per heavy atom. The molecule has 0 atom stereocenters. The van der Waals surface area contributed by atoms with Crippen molar-refractivity contribution >= 4 is 70.6 Å². The van der Waals surface area contributed by atoms with Gasteiger partial charge in [0, 0.05) is 138 Å². The first-order valence-electron chi connectivity index (χ1n) is 23.2. The lowest BCUT2D eigenvalue weighted by Crippen LogP contribution is -2.53. The normalized spacial score (nSPS) is 19.5. The highest BCUT2D eigenvalue weighted by atomic mass is 35.5. The van der Waals surface area contributed by atoms with Crippen LogP contribution in [0.4, 0.5) is 50.2 Å². The maximum Gasteiger partial charge on any atom is 0.416 e. The van der Waals surface area contributed by atoms with Crippen molar-refractivity contribution < 1.29 is 27.2 Å². The van der Waals surface area contributed by atoms with Gasteiger partial charge in [0.05, 0.1) is 5.56 Å². The number of piperazine rings is 1. The molecule has 2 aromatic carbocycles. The average Bonchev–Trinajstić information content (AvgIpc) is 4.17. The molecule has 5 aliphatic heterocycles. The van der Waals surface area contributed by atoms with Crippen LogP contribution in [-0.4, -0.2) is 147 Å². The van der Waals surface area contributed by atoms with Gasteiger partial charge in [0.2, 0.25) is 0 Å². The summed E-state index contributed by atoms with van der Waals surface area (Å²) in [6.45, 7) is 9.62. The Morgan fingerprint density at radius 3 is 1.88 bits per heavy atom. The van der Waals surface area contributed by atoms with E-state index in [9.17, 15) is 27.2 Å². The fourth-order valence-corrected chi connectivity index (χ4v) is 11.0. The van der Waals surface area contributed by atoms with Crippen molar-refractivity contribution in [1.29, 1.82) is 0 Å². The van der Waals surface area contributed by atoms with Crippen molar-refractivity contribution in [2.45, 2.75) is 82.3 Å². The summed E-state index contributed by atoms with van der Waals surface area (Å²) in [5.41, 5.74) is 3.24. The number of nitrogens with one attached hydrogen (secondary N) is 2. The van der Waals surface area contributed by atoms with Crippen LogP contribution in [0.1, 0.15) is 68.1 Å². The van der Waals surface area contributed by atoms with E-state index in [2.05, 4.69) is 46.5 Å². The number of hydrogen-bond donors (Lipinski definition) is 2. The number of rotatable bonds is 10. The molecular weight excluding hydrogens is 928 g/mol. The van der Waals surface area contributed by atoms with Crippen LogP contribution >= 0.6 is 35.5 Å². The van der Waals surface area contributed by atoms with Gasteiger partial charge in [0.25, 0.3) is 0 Å². The number of alkyl halides is 4. The number of likely N-dealkylation sites (tertiary alicyclic amines) is 2. The molecule has 4 aromatic rings. The highest BCUT2D eigenvalue weighted by Gasteiger charge is 2.44. The summed E-state index contributed by atoms with van der Waals surface area (Å²) in [7, 11) is 0. The summed E-state index contributed by atoms with van der Waals surface area (Å²) in [4.78, 5) is 38.6. The van der Waals surface area contributed by atoms with Crippen LogP contribution in [0.25, 0.3) is 0 Å². The maximum atomic E-state index is 13.8. The molecular formula is C46H61ClF4N12O2S2. The second kappa shape index (κ2) is 21.9. The van der Waals surface area contributed by atoms with Crippen molar-refractivity contribution in [3.8, 4) is 0 Å². The fourth-order valence-electron chi connectivity index (χ4n) is 10.1. The number of amides is 2. The molecule has 0 saturated carbocycles. The van der Waals surface area contributed by atoms with Gasteiger partial charge >= 0.3 is 18.2 Å². The molecule has 5 saturated heterocycles. The van der Waals surface area contributed by atoms with Crippen LogP contribution in [0.3, 0.4) is 0 Å². The van der Waals surface area contributed by atoms with Gasteiger partial charge in [-0.2, -0.15) is 22.5 Å². The van der Waals surface area contributed by atoms with Gasteiger partial charge in [-0.05, 0) is 99.4 Å². The van der Waals surface area contributed by atoms with Crippen molar-refractivity contribution in [2.75, 3.05) is 104 Å². The molecule has 0 radical (unpaired) electrons. The van der Waals surface area contributed by atoms with Gasteiger partial charge < -0.3 is 29.0 Å². The molecule has 1 spiro atoms. The van der Waals surface area contributed by atoms with Crippen molar-refractivity contribution in [2.24, 2.45) is 0 Å². The first-order valence-corrected chi connectivity index (χ1v) is 26.0. The van der Waals surface area contributed by atoms with E-state index in [1.54, 1.807) is 24.5 Å². The zero-order valence-electron chi connectivity index (χ0n) is 38.2. The lowest BCUT2D eigenvalue weighted by atomic mass is 9.84. The van der Waals surface area contributed by atoms with Crippen molar-refractivity contribution in [1.82, 2.24) is 39.2 Å². The molecule has 2 N–H and O–H groups in total. The lowest BCUT2D eigenvalue weighted by Gasteiger charge is -2.45. The highest BCUT2D eigenvalue weighted by molar-refractivity contribution is 8.00. The first-order chi connectivity index (χ1) is 32.3. The highest BCUT2D eigenvalue weighted by Crippen LogP contribution is 2.42. The molecule has 0 unspecified atom stereocenters. The summed E-state index contributed by atoms with van der Waals surface area (Å²) in [6.07, 6.45) is 8.65. The SMILES string of the molecule is CSNc1ccn(C(=O)N2CCC3(CCCN3Cc3ccc(C(F)(F)F)cc3N3CCC(F)CC3)CC2)n1.CSNc1ccn(C(=O)N2CCN(Cc3cc(Cl)ccc3N3CCCC3)CC2)n1. The standard InChI is InChI=1S/C26H34F4N6OS.C20H27ClN6OS/c1-38-32-23-7-14-36(31-23)24(37)34-15-9-25(10-16-34)8-2-11-35(25)18-19-3-4-20(26(28,29)30)17-22(19)33-12-5-21(27)6-13-33;1-29-23-19-6-9-27(22-19)20(28)26-12-10-24(11-13-26)15-16-14-17(21)4-5-18(16)25-7-2-3-8-25/h3-4,7,14,17,21H,2,5-6,8-13,15-16,18H2,1H3,(H,31,32);4-6,9,14H,2-3,7-8,10-13,15H2,1H3,(H,22,23). The summed E-state index contributed by atoms with van der Waals surface area (Å²) in [5.74, 6) is 1.32. The van der Waals surface area contributed by atoms with Crippen LogP contribution < -0.4 is 19.2 Å². The summed E-state index contributed by atoms with van der Waals surface area (Å²) < 4.78 is 63.3. The molecule has 7 heterocycles. The van der Waals surface area contributed by atoms with E-state index in [1.165, 1.54) is 63.4 Å². The maximum absolute atomic E-state index is 13.8. The third kappa shape index (κ3) is 11.9. The third-order valence-corrected chi connectivity index (χ3v) is 14.8. The summed E-state index contributed by atoms with van der Waals surface area (Å²) in [6, 6.07) is 13.6. The van der Waals surface area contributed by atoms with Gasteiger partial charge in [0.1, 0.15) is 6.17 Å². The van der Waals surface area contributed by atoms with Crippen molar-refractivity contribution in [3.05, 3.63) is 82.6 Å². The second-order valence-electron chi connectivity index (χ2n) is 17.9. The Hall–Kier alpha value is -4.37. The van der Waals surface area contributed by atoms with E-state index in [0.717, 1.165) is 81.6 Å². The van der Waals surface area contributed by atoms with Gasteiger partial charge in [-0.25, -0.2) is 14.0 Å². The lowest BCUT2D eigenvalue weighted by molar-refractivity contribution is -0.137. The molecule has 2 amide bonds. The number of aromatic nitrogens is 4. The number of benzene rings is 2. The average molecular weight is 990 g/mol. The topological polar surface area (TPSA) is 113 Å². The van der Waals surface area contributed by atoms with E-state index >= 15 is 0 Å². The molecule has 2 aromatic heterocycles. The number of carbonyl (C=O) groups excluding carboxylic acids is 2. The van der Waals surface area contributed by atoms with E-state index in [1.807, 2.05) is 39.3 Å². The number of hydrogen-bond acceptors (Lipinski definition) is 12. The number of halogens is 5. The molecule has 0 bridgehead atoms. The fraction of sp³-hybridized carbons (Fsp3) is 0.565. The molecule has 14 nitrogen and oxygen atoms in total. The number of carbonyl (C=O) groups is 2. The molecule has 364 valence electrons. The predicted octanol–water partition coefficient (Wildman–Crippen LogP) is 9.24. The minimum absolute atomic E-state index is 0.0701. The molecule has 5 aliphatic rings. The van der Waals surface area contributed by atoms with Gasteiger partial charge in [-0.15, -0.1) is 10.2 Å². The predicted molar refractivity (Wildman–Crippen MR) is 261 cm³/mol. The smallest absolute Gasteiger partial charge is 0.371 e. The zero-order chi connectivity index (χ0) is 47.1. The van der Waals surface area contributed by atoms with Crippen LogP contribution in [0, 0.1) is 0 Å². The van der Waals surface area contributed by atoms with E-state index in [4.69, 9.17) is 11.6 Å². The van der Waals surface area contributed by atoms with Crippen LogP contribution in [-0.2, 0) is 19.3 Å². The molecule has 21 heteroatoms. The quantitative estimate of drug-likeness (QED) is 0.117. The Balaban J connectivity index is 0.000000188. The monoisotopic (exact) mass is 988 g/mol. The number of nitrogens with zero attached hydrogens (tertiary/aromatic N) is 10. The Kier molecular flexibility index (Phi) is 16.1. The zero-order valence-corrected chi connectivity index (χ0v) is 40.6. The Labute approximate surface area is 403 Å². The molecule has 0 aliphatic carbocycles. The molecule has 5 fully saturated rings. The largest absolute Gasteiger partial charge is 0.416 e. The Morgan fingerprint density at radius 1 is 0.687 bits per heavy atom. The van der Waals surface area contributed by atoms with Gasteiger partial charge in [-0.1, -0.05) is 41.6 Å². The van der Waals surface area contributed by atoms with Crippen LogP contribution in [0.5, 0.6) is 0 Å². The minimum atomic E-state index is -4.43. The van der Waals surface area contributed by atoms with E-state index in [-0.39, 0.29) is 17.6 Å². The minimum Gasteiger partial charge on any atom is -0.371 e. The second-order valence-corrected chi connectivity index (χ2v) is 19.6. The van der Waals surface area contributed by atoms with Gasteiger partial charge in [-0.3, -0.25) is 9.80 Å². The van der Waals surface area contributed by atoms with Crippen LogP contribution in [0.15, 0.2) is 60.9 Å². The van der Waals surface area contributed by atoms with Crippen molar-refractivity contribution in [3.63, 3.8) is 0 Å². The number of anilines is 4. The first kappa shape index (κ1) is 49.1. The molecule has 67 heavy (non-hydrogen) atoms. The summed E-state index contributed by atoms with van der Waals surface area (Å²) >= 11 is 9.16. The van der Waals surface area contributed by atoms with E-state index < -0.39 is 17.9 Å². The van der Waals surface area contributed by atoms with Gasteiger partial charge in [0.15, 0.2) is 11.6 Å². The Bertz CT molecular complexity index is 2290. The number of piperidine rings is 2. The summed E-state index contributed by atoms with van der Waals surface area (Å²) in [5, 5.41) is 9.36.